The standard InChI is InChI=1S/C19H19NO3/c21-18(22)8-11-20-12-10-19(13-20)9-7-16-15-4-2-1-3-14(15)5-6-17(16)23-19/h1-7,9H,8,10-13H2,(H,21,22). The van der Waals surface area contributed by atoms with Gasteiger partial charge in [0.2, 0.25) is 0 Å². The van der Waals surface area contributed by atoms with Crippen LogP contribution in [-0.2, 0) is 4.79 Å². The van der Waals surface area contributed by atoms with Gasteiger partial charge in [0.05, 0.1) is 6.42 Å². The molecule has 2 aromatic carbocycles. The van der Waals surface area contributed by atoms with Crippen molar-refractivity contribution in [3.8, 4) is 5.75 Å². The molecule has 1 spiro atoms. The van der Waals surface area contributed by atoms with Crippen molar-refractivity contribution in [1.82, 2.24) is 4.90 Å². The third-order valence-corrected chi connectivity index (χ3v) is 4.78. The first-order chi connectivity index (χ1) is 11.2. The van der Waals surface area contributed by atoms with Gasteiger partial charge in [0.15, 0.2) is 0 Å². The van der Waals surface area contributed by atoms with E-state index in [1.165, 1.54) is 10.8 Å². The number of rotatable bonds is 3. The van der Waals surface area contributed by atoms with E-state index in [-0.39, 0.29) is 12.0 Å². The van der Waals surface area contributed by atoms with Gasteiger partial charge in [0.25, 0.3) is 0 Å². The molecule has 1 saturated heterocycles. The van der Waals surface area contributed by atoms with Gasteiger partial charge < -0.3 is 9.84 Å². The van der Waals surface area contributed by atoms with Gasteiger partial charge in [-0.25, -0.2) is 0 Å². The largest absolute Gasteiger partial charge is 0.481 e. The van der Waals surface area contributed by atoms with Gasteiger partial charge in [0, 0.05) is 31.6 Å². The van der Waals surface area contributed by atoms with E-state index >= 15 is 0 Å². The average molecular weight is 309 g/mol. The second-order valence-electron chi connectivity index (χ2n) is 6.37. The zero-order chi connectivity index (χ0) is 15.9. The smallest absolute Gasteiger partial charge is 0.304 e. The van der Waals surface area contributed by atoms with Crippen LogP contribution in [0.3, 0.4) is 0 Å². The molecule has 4 nitrogen and oxygen atoms in total. The summed E-state index contributed by atoms with van der Waals surface area (Å²) in [5.74, 6) is 0.175. The molecule has 0 bridgehead atoms. The molecule has 4 rings (SSSR count). The molecule has 2 aliphatic rings. The van der Waals surface area contributed by atoms with Crippen LogP contribution in [0.5, 0.6) is 5.75 Å². The number of ether oxygens (including phenoxy) is 1. The molecule has 0 radical (unpaired) electrons. The summed E-state index contributed by atoms with van der Waals surface area (Å²) in [6.45, 7) is 2.21. The number of nitrogens with zero attached hydrogens (tertiary/aromatic N) is 1. The first kappa shape index (κ1) is 14.3. The van der Waals surface area contributed by atoms with E-state index in [0.717, 1.165) is 30.8 Å². The maximum absolute atomic E-state index is 10.7. The maximum Gasteiger partial charge on any atom is 0.304 e. The van der Waals surface area contributed by atoms with E-state index in [0.29, 0.717) is 6.54 Å². The van der Waals surface area contributed by atoms with Crippen molar-refractivity contribution in [2.45, 2.75) is 18.4 Å². The fourth-order valence-corrected chi connectivity index (χ4v) is 3.57. The van der Waals surface area contributed by atoms with Crippen molar-refractivity contribution in [3.63, 3.8) is 0 Å². The Balaban J connectivity index is 1.59. The van der Waals surface area contributed by atoms with Gasteiger partial charge in [-0.2, -0.15) is 0 Å². The van der Waals surface area contributed by atoms with E-state index in [1.807, 2.05) is 18.2 Å². The number of likely N-dealkylation sites (tertiary alicyclic amines) is 1. The minimum atomic E-state index is -0.747. The third kappa shape index (κ3) is 2.59. The number of benzene rings is 2. The highest BCUT2D eigenvalue weighted by Crippen LogP contribution is 2.39. The van der Waals surface area contributed by atoms with Gasteiger partial charge in [0.1, 0.15) is 11.4 Å². The summed E-state index contributed by atoms with van der Waals surface area (Å²) in [4.78, 5) is 12.9. The van der Waals surface area contributed by atoms with Crippen LogP contribution in [0, 0.1) is 0 Å². The van der Waals surface area contributed by atoms with Crippen molar-refractivity contribution in [3.05, 3.63) is 48.0 Å². The Morgan fingerprint density at radius 1 is 1.26 bits per heavy atom. The Morgan fingerprint density at radius 2 is 2.13 bits per heavy atom. The molecule has 0 amide bonds. The van der Waals surface area contributed by atoms with Crippen LogP contribution in [0.4, 0.5) is 0 Å². The fourth-order valence-electron chi connectivity index (χ4n) is 3.57. The number of carboxylic acids is 1. The van der Waals surface area contributed by atoms with Gasteiger partial charge >= 0.3 is 5.97 Å². The second-order valence-corrected chi connectivity index (χ2v) is 6.37. The van der Waals surface area contributed by atoms with Crippen molar-refractivity contribution in [1.29, 1.82) is 0 Å². The summed E-state index contributed by atoms with van der Waals surface area (Å²) in [5, 5.41) is 11.3. The van der Waals surface area contributed by atoms with Crippen molar-refractivity contribution in [2.75, 3.05) is 19.6 Å². The zero-order valence-electron chi connectivity index (χ0n) is 12.9. The highest BCUT2D eigenvalue weighted by Gasteiger charge is 2.40. The van der Waals surface area contributed by atoms with Crippen LogP contribution >= 0.6 is 0 Å². The molecule has 0 aromatic heterocycles. The Bertz CT molecular complexity index is 798. The van der Waals surface area contributed by atoms with Crippen molar-refractivity contribution in [2.24, 2.45) is 0 Å². The van der Waals surface area contributed by atoms with Crippen LogP contribution in [0.25, 0.3) is 16.8 Å². The lowest BCUT2D eigenvalue weighted by molar-refractivity contribution is -0.137. The topological polar surface area (TPSA) is 49.8 Å². The molecule has 1 atom stereocenters. The summed E-state index contributed by atoms with van der Waals surface area (Å²) in [7, 11) is 0. The number of hydrogen-bond acceptors (Lipinski definition) is 3. The maximum atomic E-state index is 10.7. The summed E-state index contributed by atoms with van der Waals surface area (Å²) < 4.78 is 6.35. The lowest BCUT2D eigenvalue weighted by atomic mass is 9.94. The molecule has 1 fully saturated rings. The first-order valence-electron chi connectivity index (χ1n) is 7.99. The summed E-state index contributed by atoms with van der Waals surface area (Å²) in [5.41, 5.74) is 0.825. The number of hydrogen-bond donors (Lipinski definition) is 1. The van der Waals surface area contributed by atoms with Gasteiger partial charge in [-0.15, -0.1) is 0 Å². The molecule has 4 heteroatoms. The zero-order valence-corrected chi connectivity index (χ0v) is 12.9. The average Bonchev–Trinajstić information content (AvgIpc) is 2.95. The Morgan fingerprint density at radius 3 is 3.00 bits per heavy atom. The molecule has 2 aromatic rings. The summed E-state index contributed by atoms with van der Waals surface area (Å²) >= 11 is 0. The number of carboxylic acid groups (broad SMARTS) is 1. The molecule has 2 heterocycles. The van der Waals surface area contributed by atoms with E-state index < -0.39 is 5.97 Å². The second kappa shape index (κ2) is 5.39. The van der Waals surface area contributed by atoms with E-state index in [2.05, 4.69) is 35.3 Å². The molecule has 1 unspecified atom stereocenters. The molecule has 2 aliphatic heterocycles. The fraction of sp³-hybridized carbons (Fsp3) is 0.316. The predicted octanol–water partition coefficient (Wildman–Crippen LogP) is 3.16. The normalized spacial score (nSPS) is 23.1. The third-order valence-electron chi connectivity index (χ3n) is 4.78. The van der Waals surface area contributed by atoms with Crippen molar-refractivity contribution >= 4 is 22.8 Å². The Hall–Kier alpha value is -2.33. The number of carbonyl (C=O) groups is 1. The SMILES string of the molecule is O=C(O)CCN1CCC2(C=Cc3c(ccc4ccccc34)O2)C1. The van der Waals surface area contributed by atoms with E-state index in [1.54, 1.807) is 0 Å². The van der Waals surface area contributed by atoms with Gasteiger partial charge in [-0.3, -0.25) is 9.69 Å². The van der Waals surface area contributed by atoms with Gasteiger partial charge in [-0.1, -0.05) is 36.4 Å². The highest BCUT2D eigenvalue weighted by atomic mass is 16.5. The van der Waals surface area contributed by atoms with Crippen LogP contribution in [0.15, 0.2) is 42.5 Å². The van der Waals surface area contributed by atoms with Crippen LogP contribution in [-0.4, -0.2) is 41.2 Å². The summed E-state index contributed by atoms with van der Waals surface area (Å²) in [6, 6.07) is 12.5. The van der Waals surface area contributed by atoms with E-state index in [9.17, 15) is 4.79 Å². The highest BCUT2D eigenvalue weighted by molar-refractivity contribution is 5.93. The van der Waals surface area contributed by atoms with Gasteiger partial charge in [-0.05, 0) is 22.9 Å². The Kier molecular flexibility index (Phi) is 3.34. The first-order valence-corrected chi connectivity index (χ1v) is 7.99. The lowest BCUT2D eigenvalue weighted by Gasteiger charge is -2.32. The molecule has 23 heavy (non-hydrogen) atoms. The molecular weight excluding hydrogens is 290 g/mol. The minimum absolute atomic E-state index is 0.182. The molecule has 0 saturated carbocycles. The lowest BCUT2D eigenvalue weighted by Crippen LogP contribution is -2.39. The van der Waals surface area contributed by atoms with E-state index in [4.69, 9.17) is 9.84 Å². The number of aliphatic carboxylic acids is 1. The monoisotopic (exact) mass is 309 g/mol. The Labute approximate surface area is 135 Å². The predicted molar refractivity (Wildman–Crippen MR) is 89.7 cm³/mol. The summed E-state index contributed by atoms with van der Waals surface area (Å²) in [6.07, 6.45) is 5.40. The van der Waals surface area contributed by atoms with Crippen LogP contribution < -0.4 is 4.74 Å². The molecular formula is C19H19NO3. The van der Waals surface area contributed by atoms with Crippen LogP contribution in [0.1, 0.15) is 18.4 Å². The molecule has 0 aliphatic carbocycles. The molecule has 118 valence electrons. The van der Waals surface area contributed by atoms with Crippen molar-refractivity contribution < 1.29 is 14.6 Å². The van der Waals surface area contributed by atoms with Crippen LogP contribution in [0.2, 0.25) is 0 Å². The quantitative estimate of drug-likeness (QED) is 0.946. The number of fused-ring (bicyclic) bond motifs is 3. The minimum Gasteiger partial charge on any atom is -0.481 e. The molecule has 1 N–H and O–H groups in total.